The quantitative estimate of drug-likeness (QED) is 0.358. The van der Waals surface area contributed by atoms with Crippen LogP contribution in [0.25, 0.3) is 0 Å². The van der Waals surface area contributed by atoms with Gasteiger partial charge in [-0.15, -0.1) is 0 Å². The molecule has 0 aromatic heterocycles. The topological polar surface area (TPSA) is 112 Å². The van der Waals surface area contributed by atoms with Crippen molar-refractivity contribution in [3.05, 3.63) is 53.6 Å². The van der Waals surface area contributed by atoms with Crippen molar-refractivity contribution in [3.63, 3.8) is 0 Å². The zero-order valence-corrected chi connectivity index (χ0v) is 24.5. The van der Waals surface area contributed by atoms with Crippen LogP contribution < -0.4 is 20.7 Å². The molecule has 232 valence electrons. The van der Waals surface area contributed by atoms with Gasteiger partial charge in [0, 0.05) is 37.0 Å². The number of halogens is 3. The number of carbonyl (C=O) groups is 2. The van der Waals surface area contributed by atoms with E-state index in [9.17, 15) is 27.9 Å². The fraction of sp³-hybridized carbons (Fsp3) is 0.533. The number of likely N-dealkylation sites (N-methyl/N-ethyl adjacent to an activating group) is 1. The van der Waals surface area contributed by atoms with Crippen LogP contribution in [-0.2, 0) is 10.9 Å². The molecule has 0 bridgehead atoms. The minimum Gasteiger partial charge on any atom is -0.490 e. The number of ether oxygens (including phenoxy) is 2. The molecule has 0 aliphatic carbocycles. The SMILES string of the molecule is CNC[C@@H]1OCCCC[C@@H](C)Oc2ccc(NC(=O)Nc3ccc(C(F)(F)F)cc3)cc2C(=O)N([C@H](C)CO)C[C@@H]1C. The van der Waals surface area contributed by atoms with E-state index in [4.69, 9.17) is 9.47 Å². The summed E-state index contributed by atoms with van der Waals surface area (Å²) in [5.74, 6) is -0.0841. The van der Waals surface area contributed by atoms with E-state index in [0.29, 0.717) is 25.4 Å². The normalized spacial score (nSPS) is 21.5. The first-order chi connectivity index (χ1) is 19.9. The summed E-state index contributed by atoms with van der Waals surface area (Å²) < 4.78 is 50.9. The summed E-state index contributed by atoms with van der Waals surface area (Å²) in [7, 11) is 1.85. The Balaban J connectivity index is 1.89. The largest absolute Gasteiger partial charge is 0.490 e. The number of aliphatic hydroxyl groups is 1. The number of fused-ring (bicyclic) bond motifs is 1. The van der Waals surface area contributed by atoms with Crippen molar-refractivity contribution in [3.8, 4) is 5.75 Å². The van der Waals surface area contributed by atoms with E-state index in [1.54, 1.807) is 24.0 Å². The molecule has 9 nitrogen and oxygen atoms in total. The third-order valence-corrected chi connectivity index (χ3v) is 7.18. The number of amides is 3. The maximum Gasteiger partial charge on any atom is 0.416 e. The number of benzene rings is 2. The number of aliphatic hydroxyl groups excluding tert-OH is 1. The predicted octanol–water partition coefficient (Wildman–Crippen LogP) is 5.36. The first-order valence-corrected chi connectivity index (χ1v) is 14.2. The Kier molecular flexibility index (Phi) is 12.0. The Morgan fingerprint density at radius 1 is 1.10 bits per heavy atom. The summed E-state index contributed by atoms with van der Waals surface area (Å²) >= 11 is 0. The fourth-order valence-corrected chi connectivity index (χ4v) is 4.73. The molecule has 4 N–H and O–H groups in total. The summed E-state index contributed by atoms with van der Waals surface area (Å²) in [4.78, 5) is 28.3. The van der Waals surface area contributed by atoms with E-state index in [0.717, 1.165) is 43.5 Å². The van der Waals surface area contributed by atoms with Crippen molar-refractivity contribution in [1.82, 2.24) is 10.2 Å². The second-order valence-corrected chi connectivity index (χ2v) is 10.7. The summed E-state index contributed by atoms with van der Waals surface area (Å²) in [6.45, 7) is 6.93. The van der Waals surface area contributed by atoms with Gasteiger partial charge < -0.3 is 35.4 Å². The molecule has 3 rings (SSSR count). The molecule has 1 heterocycles. The number of hydrogen-bond acceptors (Lipinski definition) is 6. The molecule has 0 radical (unpaired) electrons. The summed E-state index contributed by atoms with van der Waals surface area (Å²) in [5.41, 5.74) is -0.163. The smallest absolute Gasteiger partial charge is 0.416 e. The van der Waals surface area contributed by atoms with Gasteiger partial charge >= 0.3 is 12.2 Å². The first-order valence-electron chi connectivity index (χ1n) is 14.2. The van der Waals surface area contributed by atoms with Crippen molar-refractivity contribution in [2.24, 2.45) is 5.92 Å². The average Bonchev–Trinajstić information content (AvgIpc) is 2.94. The molecule has 1 aliphatic rings. The van der Waals surface area contributed by atoms with Crippen LogP contribution in [0.4, 0.5) is 29.3 Å². The van der Waals surface area contributed by atoms with Crippen LogP contribution in [-0.4, -0.2) is 73.5 Å². The molecule has 4 atom stereocenters. The van der Waals surface area contributed by atoms with Crippen molar-refractivity contribution >= 4 is 23.3 Å². The van der Waals surface area contributed by atoms with E-state index in [1.165, 1.54) is 6.07 Å². The molecule has 3 amide bonds. The lowest BCUT2D eigenvalue weighted by molar-refractivity contribution is -0.137. The molecule has 1 aliphatic heterocycles. The molecule has 0 spiro atoms. The Morgan fingerprint density at radius 3 is 2.40 bits per heavy atom. The van der Waals surface area contributed by atoms with Gasteiger partial charge in [-0.25, -0.2) is 4.79 Å². The number of alkyl halides is 3. The lowest BCUT2D eigenvalue weighted by Gasteiger charge is -2.34. The van der Waals surface area contributed by atoms with Gasteiger partial charge in [-0.1, -0.05) is 6.92 Å². The maximum absolute atomic E-state index is 14.0. The highest BCUT2D eigenvalue weighted by Crippen LogP contribution is 2.31. The average molecular weight is 595 g/mol. The fourth-order valence-electron chi connectivity index (χ4n) is 4.73. The van der Waals surface area contributed by atoms with Crippen molar-refractivity contribution < 1.29 is 37.3 Å². The van der Waals surface area contributed by atoms with Crippen LogP contribution in [0.2, 0.25) is 0 Å². The Labute approximate surface area is 244 Å². The zero-order valence-electron chi connectivity index (χ0n) is 24.5. The number of carbonyl (C=O) groups excluding carboxylic acids is 2. The molecule has 2 aromatic carbocycles. The number of anilines is 2. The lowest BCUT2D eigenvalue weighted by Crippen LogP contribution is -2.47. The van der Waals surface area contributed by atoms with Crippen LogP contribution in [0.1, 0.15) is 56.0 Å². The molecule has 0 saturated carbocycles. The molecule has 0 saturated heterocycles. The van der Waals surface area contributed by atoms with Crippen LogP contribution in [0.15, 0.2) is 42.5 Å². The van der Waals surface area contributed by atoms with Gasteiger partial charge in [0.1, 0.15) is 5.75 Å². The minimum absolute atomic E-state index is 0.0579. The standard InChI is InChI=1S/C30H41F3N4O5/c1-19-17-37(20(2)18-38)28(39)25-15-24(36-29(40)35-23-10-8-22(9-11-23)30(31,32)33)12-13-26(25)42-21(3)7-5-6-14-41-27(19)16-34-4/h8-13,15,19-21,27,34,38H,5-7,14,16-18H2,1-4H3,(H2,35,36,40)/t19-,20+,21+,27-/m0/s1. The van der Waals surface area contributed by atoms with Gasteiger partial charge in [0.2, 0.25) is 0 Å². The van der Waals surface area contributed by atoms with Crippen molar-refractivity contribution in [1.29, 1.82) is 0 Å². The van der Waals surface area contributed by atoms with E-state index >= 15 is 0 Å². The number of nitrogens with one attached hydrogen (secondary N) is 3. The molecular weight excluding hydrogens is 553 g/mol. The molecular formula is C30H41F3N4O5. The highest BCUT2D eigenvalue weighted by molar-refractivity contribution is 6.02. The number of nitrogens with zero attached hydrogens (tertiary/aromatic N) is 1. The van der Waals surface area contributed by atoms with Crippen LogP contribution in [0, 0.1) is 5.92 Å². The highest BCUT2D eigenvalue weighted by atomic mass is 19.4. The van der Waals surface area contributed by atoms with E-state index in [1.807, 2.05) is 20.9 Å². The van der Waals surface area contributed by atoms with Crippen LogP contribution in [0.3, 0.4) is 0 Å². The van der Waals surface area contributed by atoms with Gasteiger partial charge in [-0.2, -0.15) is 13.2 Å². The Bertz CT molecular complexity index is 1180. The lowest BCUT2D eigenvalue weighted by atomic mass is 10.0. The Morgan fingerprint density at radius 2 is 1.76 bits per heavy atom. The van der Waals surface area contributed by atoms with Crippen molar-refractivity contribution in [2.45, 2.75) is 64.5 Å². The zero-order chi connectivity index (χ0) is 30.9. The highest BCUT2D eigenvalue weighted by Gasteiger charge is 2.31. The monoisotopic (exact) mass is 594 g/mol. The van der Waals surface area contributed by atoms with E-state index < -0.39 is 23.8 Å². The maximum atomic E-state index is 14.0. The van der Waals surface area contributed by atoms with Gasteiger partial charge in [0.15, 0.2) is 0 Å². The summed E-state index contributed by atoms with van der Waals surface area (Å²) in [6.07, 6.45) is -2.34. The molecule has 0 fully saturated rings. The summed E-state index contributed by atoms with van der Waals surface area (Å²) in [5, 5.41) is 18.3. The van der Waals surface area contributed by atoms with Gasteiger partial charge in [-0.3, -0.25) is 4.79 Å². The summed E-state index contributed by atoms with van der Waals surface area (Å²) in [6, 6.07) is 7.58. The van der Waals surface area contributed by atoms with E-state index in [-0.39, 0.29) is 47.6 Å². The van der Waals surface area contributed by atoms with Gasteiger partial charge in [0.25, 0.3) is 5.91 Å². The molecule has 12 heteroatoms. The molecule has 42 heavy (non-hydrogen) atoms. The number of urea groups is 1. The van der Waals surface area contributed by atoms with Crippen LogP contribution in [0.5, 0.6) is 5.75 Å². The van der Waals surface area contributed by atoms with Crippen LogP contribution >= 0.6 is 0 Å². The second-order valence-electron chi connectivity index (χ2n) is 10.7. The Hall–Kier alpha value is -3.35. The number of rotatable bonds is 6. The molecule has 2 aromatic rings. The first kappa shape index (κ1) is 33.2. The van der Waals surface area contributed by atoms with Crippen molar-refractivity contribution in [2.75, 3.05) is 44.0 Å². The number of hydrogen-bond donors (Lipinski definition) is 4. The van der Waals surface area contributed by atoms with Gasteiger partial charge in [0.05, 0.1) is 36.0 Å². The second kappa shape index (κ2) is 15.2. The predicted molar refractivity (Wildman–Crippen MR) is 155 cm³/mol. The van der Waals surface area contributed by atoms with Gasteiger partial charge in [-0.05, 0) is 82.6 Å². The third-order valence-electron chi connectivity index (χ3n) is 7.18. The molecule has 0 unspecified atom stereocenters. The minimum atomic E-state index is -4.48. The third kappa shape index (κ3) is 9.33. The van der Waals surface area contributed by atoms with E-state index in [2.05, 4.69) is 16.0 Å².